The Morgan fingerprint density at radius 2 is 1.94 bits per heavy atom. The van der Waals surface area contributed by atoms with Crippen LogP contribution >= 0.6 is 0 Å². The average Bonchev–Trinajstić information content (AvgIpc) is 2.23. The lowest BCUT2D eigenvalue weighted by atomic mass is 9.61. The van der Waals surface area contributed by atoms with Gasteiger partial charge >= 0.3 is 0 Å². The van der Waals surface area contributed by atoms with Crippen LogP contribution in [0.5, 0.6) is 0 Å². The molecule has 1 nitrogen and oxygen atoms in total. The normalized spacial score (nSPS) is 33.5. The van der Waals surface area contributed by atoms with Crippen molar-refractivity contribution >= 4 is 5.78 Å². The standard InChI is InChI=1S/C15H24O/c1-10-5-6-13-9-12(11(2)16)7-8-14(13)15(10,3)4/h10,12H,5-9H2,1-4H3. The van der Waals surface area contributed by atoms with E-state index in [1.165, 1.54) is 12.8 Å². The molecule has 1 heteroatoms. The number of ketones is 1. The van der Waals surface area contributed by atoms with Crippen LogP contribution in [0.4, 0.5) is 0 Å². The second-order valence-electron chi connectivity index (χ2n) is 6.29. The van der Waals surface area contributed by atoms with E-state index in [0.29, 0.717) is 17.1 Å². The van der Waals surface area contributed by atoms with E-state index in [2.05, 4.69) is 20.8 Å². The van der Waals surface area contributed by atoms with E-state index < -0.39 is 0 Å². The van der Waals surface area contributed by atoms with Crippen molar-refractivity contribution in [3.05, 3.63) is 11.1 Å². The minimum atomic E-state index is 0.322. The first-order valence-corrected chi connectivity index (χ1v) is 6.64. The summed E-state index contributed by atoms with van der Waals surface area (Å²) in [4.78, 5) is 11.5. The van der Waals surface area contributed by atoms with Gasteiger partial charge in [0.25, 0.3) is 0 Å². The van der Waals surface area contributed by atoms with Gasteiger partial charge in [0.2, 0.25) is 0 Å². The van der Waals surface area contributed by atoms with Crippen molar-refractivity contribution in [1.29, 1.82) is 0 Å². The molecule has 0 heterocycles. The van der Waals surface area contributed by atoms with Crippen LogP contribution in [-0.2, 0) is 4.79 Å². The lowest BCUT2D eigenvalue weighted by Crippen LogP contribution is -2.33. The second kappa shape index (κ2) is 4.01. The van der Waals surface area contributed by atoms with Crippen LogP contribution in [0, 0.1) is 17.3 Å². The van der Waals surface area contributed by atoms with Crippen molar-refractivity contribution in [3.63, 3.8) is 0 Å². The molecule has 0 saturated carbocycles. The molecule has 0 bridgehead atoms. The van der Waals surface area contributed by atoms with E-state index in [0.717, 1.165) is 25.2 Å². The quantitative estimate of drug-likeness (QED) is 0.607. The van der Waals surface area contributed by atoms with Gasteiger partial charge in [-0.2, -0.15) is 0 Å². The minimum absolute atomic E-state index is 0.322. The highest BCUT2D eigenvalue weighted by atomic mass is 16.1. The highest BCUT2D eigenvalue weighted by molar-refractivity contribution is 5.78. The van der Waals surface area contributed by atoms with Crippen LogP contribution in [-0.4, -0.2) is 5.78 Å². The van der Waals surface area contributed by atoms with Gasteiger partial charge in [-0.25, -0.2) is 0 Å². The fourth-order valence-electron chi connectivity index (χ4n) is 3.44. The molecule has 0 spiro atoms. The maximum Gasteiger partial charge on any atom is 0.133 e. The summed E-state index contributed by atoms with van der Waals surface area (Å²) < 4.78 is 0. The first-order chi connectivity index (χ1) is 7.43. The zero-order valence-electron chi connectivity index (χ0n) is 11.1. The summed E-state index contributed by atoms with van der Waals surface area (Å²) in [6, 6.07) is 0. The molecule has 0 radical (unpaired) electrons. The van der Waals surface area contributed by atoms with Crippen LogP contribution in [0.15, 0.2) is 11.1 Å². The summed E-state index contributed by atoms with van der Waals surface area (Å²) in [6.07, 6.45) is 5.85. The Balaban J connectivity index is 2.26. The molecule has 2 rings (SSSR count). The molecule has 90 valence electrons. The molecule has 2 aliphatic carbocycles. The van der Waals surface area contributed by atoms with Gasteiger partial charge in [0.05, 0.1) is 0 Å². The molecule has 0 saturated heterocycles. The Labute approximate surface area is 99.3 Å². The van der Waals surface area contributed by atoms with Crippen LogP contribution in [0.1, 0.15) is 59.8 Å². The Bertz CT molecular complexity index is 335. The molecule has 16 heavy (non-hydrogen) atoms. The SMILES string of the molecule is CC(=O)C1CCC2=C(CCC(C)C2(C)C)C1. The molecule has 0 aromatic heterocycles. The van der Waals surface area contributed by atoms with Crippen LogP contribution in [0.25, 0.3) is 0 Å². The molecule has 0 aliphatic heterocycles. The van der Waals surface area contributed by atoms with Gasteiger partial charge in [0, 0.05) is 5.92 Å². The Kier molecular flexibility index (Phi) is 2.98. The smallest absolute Gasteiger partial charge is 0.133 e. The second-order valence-corrected chi connectivity index (χ2v) is 6.29. The van der Waals surface area contributed by atoms with E-state index in [1.807, 2.05) is 0 Å². The molecule has 0 fully saturated rings. The number of carbonyl (C=O) groups excluding carboxylic acids is 1. The first kappa shape index (κ1) is 11.9. The fraction of sp³-hybridized carbons (Fsp3) is 0.800. The number of hydrogen-bond acceptors (Lipinski definition) is 1. The highest BCUT2D eigenvalue weighted by Gasteiger charge is 2.38. The van der Waals surface area contributed by atoms with Gasteiger partial charge in [-0.1, -0.05) is 31.9 Å². The van der Waals surface area contributed by atoms with E-state index in [-0.39, 0.29) is 0 Å². The zero-order valence-corrected chi connectivity index (χ0v) is 11.1. The average molecular weight is 220 g/mol. The maximum atomic E-state index is 11.5. The van der Waals surface area contributed by atoms with Gasteiger partial charge in [0.15, 0.2) is 0 Å². The summed E-state index contributed by atoms with van der Waals surface area (Å²) >= 11 is 0. The number of hydrogen-bond donors (Lipinski definition) is 0. The Hall–Kier alpha value is -0.590. The van der Waals surface area contributed by atoms with Crippen molar-refractivity contribution in [3.8, 4) is 0 Å². The molecular formula is C15H24O. The van der Waals surface area contributed by atoms with Gasteiger partial charge in [-0.05, 0) is 50.4 Å². The van der Waals surface area contributed by atoms with E-state index in [4.69, 9.17) is 0 Å². The molecule has 0 N–H and O–H groups in total. The summed E-state index contributed by atoms with van der Waals surface area (Å²) in [7, 11) is 0. The maximum absolute atomic E-state index is 11.5. The Morgan fingerprint density at radius 3 is 2.56 bits per heavy atom. The predicted molar refractivity (Wildman–Crippen MR) is 67.2 cm³/mol. The van der Waals surface area contributed by atoms with Crippen LogP contribution < -0.4 is 0 Å². The fourth-order valence-corrected chi connectivity index (χ4v) is 3.44. The largest absolute Gasteiger partial charge is 0.300 e. The summed E-state index contributed by atoms with van der Waals surface area (Å²) in [5.74, 6) is 1.51. The van der Waals surface area contributed by atoms with Gasteiger partial charge < -0.3 is 0 Å². The lowest BCUT2D eigenvalue weighted by Gasteiger charge is -2.44. The molecule has 0 aromatic rings. The van der Waals surface area contributed by atoms with Crippen molar-refractivity contribution in [2.75, 3.05) is 0 Å². The summed E-state index contributed by atoms with van der Waals surface area (Å²) in [6.45, 7) is 8.91. The van der Waals surface area contributed by atoms with Crippen LogP contribution in [0.2, 0.25) is 0 Å². The lowest BCUT2D eigenvalue weighted by molar-refractivity contribution is -0.121. The third-order valence-corrected chi connectivity index (χ3v) is 5.13. The van der Waals surface area contributed by atoms with Crippen molar-refractivity contribution in [1.82, 2.24) is 0 Å². The van der Waals surface area contributed by atoms with E-state index in [9.17, 15) is 4.79 Å². The van der Waals surface area contributed by atoms with Crippen molar-refractivity contribution < 1.29 is 4.79 Å². The van der Waals surface area contributed by atoms with Gasteiger partial charge in [0.1, 0.15) is 5.78 Å². The van der Waals surface area contributed by atoms with Gasteiger partial charge in [-0.3, -0.25) is 4.79 Å². The zero-order chi connectivity index (χ0) is 11.9. The van der Waals surface area contributed by atoms with Crippen molar-refractivity contribution in [2.24, 2.45) is 17.3 Å². The number of rotatable bonds is 1. The minimum Gasteiger partial charge on any atom is -0.300 e. The molecule has 0 aromatic carbocycles. The summed E-state index contributed by atoms with van der Waals surface area (Å²) in [5, 5.41) is 0. The molecule has 2 aliphatic rings. The Morgan fingerprint density at radius 1 is 1.25 bits per heavy atom. The predicted octanol–water partition coefficient (Wildman–Crippen LogP) is 4.13. The van der Waals surface area contributed by atoms with Gasteiger partial charge in [-0.15, -0.1) is 0 Å². The highest BCUT2D eigenvalue weighted by Crippen LogP contribution is 2.50. The number of allylic oxidation sites excluding steroid dienone is 2. The van der Waals surface area contributed by atoms with E-state index in [1.54, 1.807) is 18.1 Å². The van der Waals surface area contributed by atoms with Crippen molar-refractivity contribution in [2.45, 2.75) is 59.8 Å². The number of carbonyl (C=O) groups is 1. The first-order valence-electron chi connectivity index (χ1n) is 6.64. The third kappa shape index (κ3) is 1.85. The molecular weight excluding hydrogens is 196 g/mol. The monoisotopic (exact) mass is 220 g/mol. The molecule has 0 amide bonds. The summed E-state index contributed by atoms with van der Waals surface area (Å²) in [5.41, 5.74) is 3.67. The third-order valence-electron chi connectivity index (χ3n) is 5.13. The topological polar surface area (TPSA) is 17.1 Å². The molecule has 2 unspecified atom stereocenters. The molecule has 2 atom stereocenters. The number of Topliss-reactive ketones (excluding diaryl/α,β-unsaturated/α-hetero) is 1. The van der Waals surface area contributed by atoms with Crippen LogP contribution in [0.3, 0.4) is 0 Å². The van der Waals surface area contributed by atoms with E-state index >= 15 is 0 Å².